The number of hydrogen-bond donors (Lipinski definition) is 0. The molecule has 1 aliphatic rings. The van der Waals surface area contributed by atoms with E-state index in [9.17, 15) is 4.79 Å². The van der Waals surface area contributed by atoms with Gasteiger partial charge in [-0.2, -0.15) is 0 Å². The summed E-state index contributed by atoms with van der Waals surface area (Å²) in [6, 6.07) is 5.55. The first kappa shape index (κ1) is 20.1. The Labute approximate surface area is 159 Å². The maximum Gasteiger partial charge on any atom is 0.410 e. The van der Waals surface area contributed by atoms with Crippen molar-refractivity contribution < 1.29 is 14.3 Å². The van der Waals surface area contributed by atoms with Gasteiger partial charge < -0.3 is 14.4 Å². The van der Waals surface area contributed by atoms with E-state index < -0.39 is 5.60 Å². The van der Waals surface area contributed by atoms with Gasteiger partial charge in [0.05, 0.1) is 16.7 Å². The largest absolute Gasteiger partial charge is 0.444 e. The molecule has 0 atom stereocenters. The summed E-state index contributed by atoms with van der Waals surface area (Å²) in [6.45, 7) is 7.24. The number of benzene rings is 1. The fourth-order valence-electron chi connectivity index (χ4n) is 2.81. The highest BCUT2D eigenvalue weighted by molar-refractivity contribution is 6.42. The average molecular weight is 386 g/mol. The number of hydrogen-bond acceptors (Lipinski definition) is 3. The summed E-state index contributed by atoms with van der Waals surface area (Å²) in [6.07, 6.45) is 1.43. The molecule has 1 heterocycles. The summed E-state index contributed by atoms with van der Waals surface area (Å²) in [7, 11) is 1.68. The van der Waals surface area contributed by atoms with Crippen LogP contribution >= 0.6 is 23.2 Å². The third kappa shape index (κ3) is 5.63. The maximum absolute atomic E-state index is 12.5. The standard InChI is InChI=1S/C19H25Cl2NO3/c1-19(2,3)25-18(23)22-9-5-6-14(12-24-4)15(11-22)13-7-8-16(20)17(21)10-13/h7-8,10H,5-6,9,11-12H2,1-4H3. The van der Waals surface area contributed by atoms with Crippen molar-refractivity contribution >= 4 is 34.9 Å². The molecular formula is C19H25Cl2NO3. The Kier molecular flexibility index (Phi) is 6.78. The fraction of sp³-hybridized carbons (Fsp3) is 0.526. The zero-order valence-electron chi connectivity index (χ0n) is 15.2. The normalized spacial score (nSPS) is 16.0. The highest BCUT2D eigenvalue weighted by atomic mass is 35.5. The molecule has 0 fully saturated rings. The van der Waals surface area contributed by atoms with Crippen molar-refractivity contribution in [3.8, 4) is 0 Å². The molecule has 0 N–H and O–H groups in total. The molecular weight excluding hydrogens is 361 g/mol. The van der Waals surface area contributed by atoms with Crippen molar-refractivity contribution in [2.24, 2.45) is 0 Å². The first-order chi connectivity index (χ1) is 11.7. The predicted molar refractivity (Wildman–Crippen MR) is 102 cm³/mol. The van der Waals surface area contributed by atoms with Gasteiger partial charge in [0, 0.05) is 20.2 Å². The Morgan fingerprint density at radius 3 is 2.56 bits per heavy atom. The van der Waals surface area contributed by atoms with Crippen LogP contribution in [0.1, 0.15) is 39.2 Å². The molecule has 1 aromatic rings. The number of ether oxygens (including phenoxy) is 2. The second-order valence-corrected chi connectivity index (χ2v) is 7.96. The van der Waals surface area contributed by atoms with Gasteiger partial charge in [-0.15, -0.1) is 0 Å². The Hall–Kier alpha value is -1.23. The lowest BCUT2D eigenvalue weighted by atomic mass is 9.98. The third-order valence-corrected chi connectivity index (χ3v) is 4.66. The summed E-state index contributed by atoms with van der Waals surface area (Å²) >= 11 is 12.2. The van der Waals surface area contributed by atoms with Crippen LogP contribution in [-0.2, 0) is 9.47 Å². The van der Waals surface area contributed by atoms with E-state index in [4.69, 9.17) is 32.7 Å². The summed E-state index contributed by atoms with van der Waals surface area (Å²) in [5.41, 5.74) is 2.65. The summed E-state index contributed by atoms with van der Waals surface area (Å²) in [5.74, 6) is 0. The van der Waals surface area contributed by atoms with E-state index in [0.717, 1.165) is 24.0 Å². The minimum absolute atomic E-state index is 0.302. The molecule has 4 nitrogen and oxygen atoms in total. The van der Waals surface area contributed by atoms with Crippen LogP contribution in [0.3, 0.4) is 0 Å². The van der Waals surface area contributed by atoms with E-state index in [2.05, 4.69) is 0 Å². The molecule has 0 radical (unpaired) electrons. The van der Waals surface area contributed by atoms with E-state index in [0.29, 0.717) is 29.7 Å². The monoisotopic (exact) mass is 385 g/mol. The molecule has 1 aliphatic heterocycles. The average Bonchev–Trinajstić information content (AvgIpc) is 2.72. The van der Waals surface area contributed by atoms with Crippen LogP contribution in [0.5, 0.6) is 0 Å². The van der Waals surface area contributed by atoms with Crippen molar-refractivity contribution in [2.75, 3.05) is 26.8 Å². The Morgan fingerprint density at radius 1 is 1.24 bits per heavy atom. The van der Waals surface area contributed by atoms with Crippen LogP contribution in [0.25, 0.3) is 5.57 Å². The lowest BCUT2D eigenvalue weighted by molar-refractivity contribution is 0.0276. The van der Waals surface area contributed by atoms with Gasteiger partial charge in [-0.05, 0) is 62.5 Å². The maximum atomic E-state index is 12.5. The predicted octanol–water partition coefficient (Wildman–Crippen LogP) is 5.42. The Balaban J connectivity index is 2.35. The van der Waals surface area contributed by atoms with E-state index >= 15 is 0 Å². The number of carbonyl (C=O) groups excluding carboxylic acids is 1. The zero-order valence-corrected chi connectivity index (χ0v) is 16.7. The SMILES string of the molecule is COCC1=C(c2ccc(Cl)c(Cl)c2)CN(C(=O)OC(C)(C)C)CCC1. The molecule has 0 aliphatic carbocycles. The van der Waals surface area contributed by atoms with E-state index in [-0.39, 0.29) is 6.09 Å². The Bertz CT molecular complexity index is 665. The summed E-state index contributed by atoms with van der Waals surface area (Å²) in [5, 5.41) is 1.01. The highest BCUT2D eigenvalue weighted by Gasteiger charge is 2.26. The molecule has 25 heavy (non-hydrogen) atoms. The lowest BCUT2D eigenvalue weighted by Gasteiger charge is -2.27. The molecule has 0 aromatic heterocycles. The molecule has 0 unspecified atom stereocenters. The van der Waals surface area contributed by atoms with Gasteiger partial charge in [0.15, 0.2) is 0 Å². The molecule has 0 saturated heterocycles. The fourth-order valence-corrected chi connectivity index (χ4v) is 3.11. The number of nitrogens with zero attached hydrogens (tertiary/aromatic N) is 1. The van der Waals surface area contributed by atoms with Crippen LogP contribution in [0, 0.1) is 0 Å². The van der Waals surface area contributed by atoms with E-state index in [1.54, 1.807) is 18.1 Å². The van der Waals surface area contributed by atoms with Crippen molar-refractivity contribution in [3.63, 3.8) is 0 Å². The summed E-state index contributed by atoms with van der Waals surface area (Å²) in [4.78, 5) is 14.3. The number of amides is 1. The van der Waals surface area contributed by atoms with Crippen LogP contribution in [0.15, 0.2) is 23.8 Å². The molecule has 0 bridgehead atoms. The molecule has 1 amide bonds. The molecule has 0 spiro atoms. The lowest BCUT2D eigenvalue weighted by Crippen LogP contribution is -2.37. The second-order valence-electron chi connectivity index (χ2n) is 7.15. The quantitative estimate of drug-likeness (QED) is 0.696. The van der Waals surface area contributed by atoms with E-state index in [1.165, 1.54) is 5.57 Å². The number of carbonyl (C=O) groups is 1. The first-order valence-electron chi connectivity index (χ1n) is 8.34. The van der Waals surface area contributed by atoms with Gasteiger partial charge in [0.1, 0.15) is 5.60 Å². The molecule has 6 heteroatoms. The van der Waals surface area contributed by atoms with E-state index in [1.807, 2.05) is 32.9 Å². The minimum Gasteiger partial charge on any atom is -0.444 e. The zero-order chi connectivity index (χ0) is 18.6. The van der Waals surface area contributed by atoms with Crippen molar-refractivity contribution in [2.45, 2.75) is 39.2 Å². The topological polar surface area (TPSA) is 38.8 Å². The smallest absolute Gasteiger partial charge is 0.410 e. The van der Waals surface area contributed by atoms with Crippen LogP contribution in [0.2, 0.25) is 10.0 Å². The molecule has 0 saturated carbocycles. The van der Waals surface area contributed by atoms with Crippen LogP contribution < -0.4 is 0 Å². The van der Waals surface area contributed by atoms with Crippen LogP contribution in [0.4, 0.5) is 4.79 Å². The van der Waals surface area contributed by atoms with Crippen molar-refractivity contribution in [1.82, 2.24) is 4.90 Å². The number of methoxy groups -OCH3 is 1. The van der Waals surface area contributed by atoms with Gasteiger partial charge in [-0.25, -0.2) is 4.79 Å². The van der Waals surface area contributed by atoms with Crippen molar-refractivity contribution in [3.05, 3.63) is 39.4 Å². The van der Waals surface area contributed by atoms with Crippen LogP contribution in [-0.4, -0.2) is 43.4 Å². The number of halogens is 2. The second kappa shape index (κ2) is 8.43. The molecule has 138 valence electrons. The highest BCUT2D eigenvalue weighted by Crippen LogP contribution is 2.31. The van der Waals surface area contributed by atoms with Crippen molar-refractivity contribution in [1.29, 1.82) is 0 Å². The molecule has 2 rings (SSSR count). The molecule has 1 aromatic carbocycles. The van der Waals surface area contributed by atoms with Gasteiger partial charge >= 0.3 is 6.09 Å². The van der Waals surface area contributed by atoms with Gasteiger partial charge in [-0.3, -0.25) is 0 Å². The Morgan fingerprint density at radius 2 is 1.96 bits per heavy atom. The summed E-state index contributed by atoms with van der Waals surface area (Å²) < 4.78 is 10.9. The third-order valence-electron chi connectivity index (χ3n) is 3.92. The number of rotatable bonds is 3. The van der Waals surface area contributed by atoms with Gasteiger partial charge in [-0.1, -0.05) is 29.3 Å². The first-order valence-corrected chi connectivity index (χ1v) is 9.10. The minimum atomic E-state index is -0.522. The van der Waals surface area contributed by atoms with Gasteiger partial charge in [0.2, 0.25) is 0 Å². The van der Waals surface area contributed by atoms with Gasteiger partial charge in [0.25, 0.3) is 0 Å².